The second-order valence-electron chi connectivity index (χ2n) is 6.13. The van der Waals surface area contributed by atoms with Crippen molar-refractivity contribution in [3.63, 3.8) is 0 Å². The first-order chi connectivity index (χ1) is 12.7. The molecule has 5 nitrogen and oxygen atoms in total. The lowest BCUT2D eigenvalue weighted by Crippen LogP contribution is -2.21. The minimum Gasteiger partial charge on any atom is -0.372 e. The van der Waals surface area contributed by atoms with Crippen LogP contribution in [0.4, 0.5) is 28.7 Å². The van der Waals surface area contributed by atoms with E-state index >= 15 is 0 Å². The molecule has 5 heteroatoms. The van der Waals surface area contributed by atoms with Gasteiger partial charge < -0.3 is 15.5 Å². The topological polar surface area (TPSA) is 53.1 Å². The summed E-state index contributed by atoms with van der Waals surface area (Å²) in [7, 11) is 0. The van der Waals surface area contributed by atoms with Crippen LogP contribution in [0.1, 0.15) is 19.4 Å². The largest absolute Gasteiger partial charge is 0.372 e. The van der Waals surface area contributed by atoms with Gasteiger partial charge in [0.15, 0.2) is 0 Å². The van der Waals surface area contributed by atoms with Gasteiger partial charge in [0.2, 0.25) is 0 Å². The molecule has 134 valence electrons. The molecule has 0 unspecified atom stereocenters. The van der Waals surface area contributed by atoms with E-state index in [9.17, 15) is 0 Å². The predicted molar refractivity (Wildman–Crippen MR) is 110 cm³/mol. The average molecular weight is 347 g/mol. The Morgan fingerprint density at radius 3 is 2.08 bits per heavy atom. The molecule has 0 radical (unpaired) electrons. The van der Waals surface area contributed by atoms with E-state index in [-0.39, 0.29) is 0 Å². The third kappa shape index (κ3) is 4.51. The molecular formula is C21H25N5. The Morgan fingerprint density at radius 1 is 0.808 bits per heavy atom. The van der Waals surface area contributed by atoms with Crippen molar-refractivity contribution in [1.29, 1.82) is 0 Å². The zero-order valence-corrected chi connectivity index (χ0v) is 15.5. The van der Waals surface area contributed by atoms with E-state index in [4.69, 9.17) is 0 Å². The number of nitrogens with zero attached hydrogens (tertiary/aromatic N) is 3. The van der Waals surface area contributed by atoms with Gasteiger partial charge in [-0.3, -0.25) is 0 Å². The normalized spacial score (nSPS) is 10.4. The van der Waals surface area contributed by atoms with E-state index in [0.717, 1.165) is 36.1 Å². The minimum absolute atomic E-state index is 0.755. The van der Waals surface area contributed by atoms with Gasteiger partial charge in [-0.25, -0.2) is 9.97 Å². The summed E-state index contributed by atoms with van der Waals surface area (Å²) in [6, 6.07) is 18.5. The smallest absolute Gasteiger partial charge is 0.135 e. The molecular weight excluding hydrogens is 322 g/mol. The Bertz CT molecular complexity index is 841. The molecule has 0 aliphatic carbocycles. The van der Waals surface area contributed by atoms with Crippen molar-refractivity contribution in [2.75, 3.05) is 28.6 Å². The summed E-state index contributed by atoms with van der Waals surface area (Å²) in [5.41, 5.74) is 4.44. The molecule has 26 heavy (non-hydrogen) atoms. The van der Waals surface area contributed by atoms with E-state index in [1.54, 1.807) is 6.33 Å². The first-order valence-electron chi connectivity index (χ1n) is 8.95. The number of benzene rings is 2. The molecule has 1 aromatic heterocycles. The summed E-state index contributed by atoms with van der Waals surface area (Å²) in [4.78, 5) is 10.9. The Hall–Kier alpha value is -3.08. The number of rotatable bonds is 7. The molecule has 0 atom stereocenters. The molecule has 0 amide bonds. The van der Waals surface area contributed by atoms with Gasteiger partial charge in [0.1, 0.15) is 18.0 Å². The molecule has 1 heterocycles. The zero-order chi connectivity index (χ0) is 18.4. The molecule has 0 bridgehead atoms. The first-order valence-corrected chi connectivity index (χ1v) is 8.95. The summed E-state index contributed by atoms with van der Waals surface area (Å²) in [6.45, 7) is 8.41. The van der Waals surface area contributed by atoms with Gasteiger partial charge in [-0.2, -0.15) is 0 Å². The molecule has 0 saturated heterocycles. The molecule has 0 aliphatic rings. The molecule has 3 rings (SSSR count). The quantitative estimate of drug-likeness (QED) is 0.621. The maximum Gasteiger partial charge on any atom is 0.135 e. The Morgan fingerprint density at radius 2 is 1.46 bits per heavy atom. The summed E-state index contributed by atoms with van der Waals surface area (Å²) in [5, 5.41) is 6.65. The highest BCUT2D eigenvalue weighted by molar-refractivity contribution is 5.64. The lowest BCUT2D eigenvalue weighted by molar-refractivity contribution is 0.866. The van der Waals surface area contributed by atoms with Crippen molar-refractivity contribution in [2.45, 2.75) is 20.8 Å². The van der Waals surface area contributed by atoms with Crippen molar-refractivity contribution in [3.05, 3.63) is 66.5 Å². The maximum absolute atomic E-state index is 4.31. The van der Waals surface area contributed by atoms with Gasteiger partial charge in [0.25, 0.3) is 0 Å². The monoisotopic (exact) mass is 347 g/mol. The van der Waals surface area contributed by atoms with Gasteiger partial charge in [-0.05, 0) is 62.7 Å². The Labute approximate surface area is 155 Å². The number of anilines is 5. The van der Waals surface area contributed by atoms with Gasteiger partial charge in [-0.1, -0.05) is 12.1 Å². The van der Waals surface area contributed by atoms with E-state index in [1.165, 1.54) is 11.3 Å². The van der Waals surface area contributed by atoms with Crippen molar-refractivity contribution >= 4 is 28.7 Å². The second-order valence-corrected chi connectivity index (χ2v) is 6.13. The van der Waals surface area contributed by atoms with E-state index < -0.39 is 0 Å². The van der Waals surface area contributed by atoms with Crippen LogP contribution in [0.3, 0.4) is 0 Å². The van der Waals surface area contributed by atoms with E-state index in [1.807, 2.05) is 18.2 Å². The van der Waals surface area contributed by atoms with Gasteiger partial charge in [0, 0.05) is 36.2 Å². The molecule has 2 aromatic carbocycles. The Balaban J connectivity index is 1.70. The van der Waals surface area contributed by atoms with Crippen LogP contribution in [0.2, 0.25) is 0 Å². The van der Waals surface area contributed by atoms with Crippen LogP contribution in [0, 0.1) is 6.92 Å². The molecule has 0 spiro atoms. The summed E-state index contributed by atoms with van der Waals surface area (Å²) < 4.78 is 0. The predicted octanol–water partition coefficient (Wildman–Crippen LogP) is 5.12. The standard InChI is InChI=1S/C21H25N5/c1-4-26(5-2)19-11-9-17(10-12-19)24-20-14-21(23-15-22-20)25-18-8-6-7-16(3)13-18/h6-15H,4-5H2,1-3H3,(H2,22,23,24,25). The number of nitrogens with one attached hydrogen (secondary N) is 2. The van der Waals surface area contributed by atoms with Gasteiger partial charge in [0.05, 0.1) is 0 Å². The van der Waals surface area contributed by atoms with Crippen LogP contribution >= 0.6 is 0 Å². The lowest BCUT2D eigenvalue weighted by atomic mass is 10.2. The van der Waals surface area contributed by atoms with Crippen molar-refractivity contribution in [1.82, 2.24) is 9.97 Å². The van der Waals surface area contributed by atoms with Crippen molar-refractivity contribution in [2.24, 2.45) is 0 Å². The molecule has 0 aliphatic heterocycles. The zero-order valence-electron chi connectivity index (χ0n) is 15.5. The third-order valence-electron chi connectivity index (χ3n) is 4.23. The number of aromatic nitrogens is 2. The third-order valence-corrected chi connectivity index (χ3v) is 4.23. The first kappa shape index (κ1) is 17.7. The molecule has 0 saturated carbocycles. The van der Waals surface area contributed by atoms with Crippen LogP contribution < -0.4 is 15.5 Å². The summed E-state index contributed by atoms with van der Waals surface area (Å²) >= 11 is 0. The fourth-order valence-corrected chi connectivity index (χ4v) is 2.86. The van der Waals surface area contributed by atoms with Gasteiger partial charge in [-0.15, -0.1) is 0 Å². The average Bonchev–Trinajstić information content (AvgIpc) is 2.64. The minimum atomic E-state index is 0.755. The number of aryl methyl sites for hydroxylation is 1. The van der Waals surface area contributed by atoms with Crippen LogP contribution in [-0.4, -0.2) is 23.1 Å². The summed E-state index contributed by atoms with van der Waals surface area (Å²) in [6.07, 6.45) is 1.56. The second kappa shape index (κ2) is 8.34. The number of hydrogen-bond acceptors (Lipinski definition) is 5. The van der Waals surface area contributed by atoms with Crippen molar-refractivity contribution in [3.8, 4) is 0 Å². The highest BCUT2D eigenvalue weighted by atomic mass is 15.1. The van der Waals surface area contributed by atoms with E-state index in [0.29, 0.717) is 0 Å². The highest BCUT2D eigenvalue weighted by Crippen LogP contribution is 2.22. The molecule has 3 aromatic rings. The lowest BCUT2D eigenvalue weighted by Gasteiger charge is -2.21. The van der Waals surface area contributed by atoms with Crippen LogP contribution in [-0.2, 0) is 0 Å². The SMILES string of the molecule is CCN(CC)c1ccc(Nc2cc(Nc3cccc(C)c3)ncn2)cc1. The van der Waals surface area contributed by atoms with Crippen molar-refractivity contribution < 1.29 is 0 Å². The fraction of sp³-hybridized carbons (Fsp3) is 0.238. The van der Waals surface area contributed by atoms with Crippen LogP contribution in [0.15, 0.2) is 60.9 Å². The fourth-order valence-electron chi connectivity index (χ4n) is 2.86. The molecule has 0 fully saturated rings. The van der Waals surface area contributed by atoms with Crippen LogP contribution in [0.25, 0.3) is 0 Å². The number of hydrogen-bond donors (Lipinski definition) is 2. The highest BCUT2D eigenvalue weighted by Gasteiger charge is 2.03. The Kier molecular flexibility index (Phi) is 5.69. The van der Waals surface area contributed by atoms with E-state index in [2.05, 4.69) is 82.7 Å². The maximum atomic E-state index is 4.31. The van der Waals surface area contributed by atoms with Gasteiger partial charge >= 0.3 is 0 Å². The molecule has 2 N–H and O–H groups in total. The summed E-state index contributed by atoms with van der Waals surface area (Å²) in [5.74, 6) is 1.51. The van der Waals surface area contributed by atoms with Crippen LogP contribution in [0.5, 0.6) is 0 Å².